The molecule has 1 unspecified atom stereocenters. The van der Waals surface area contributed by atoms with E-state index in [-0.39, 0.29) is 23.2 Å². The lowest BCUT2D eigenvalue weighted by Crippen LogP contribution is -2.59. The summed E-state index contributed by atoms with van der Waals surface area (Å²) in [5.74, 6) is -0.104. The summed E-state index contributed by atoms with van der Waals surface area (Å²) in [6, 6.07) is 5.34. The van der Waals surface area contributed by atoms with Crippen molar-refractivity contribution < 1.29 is 9.90 Å². The van der Waals surface area contributed by atoms with E-state index in [4.69, 9.17) is 0 Å². The standard InChI is InChI=1S/C16H22N2O2/c1-11-3-4-14(19)13(9-11)15(20)18-12-5-8-17-16(10-12)6-2-7-16/h3-4,9,12,17,19H,2,5-8,10H2,1H3,(H,18,20). The van der Waals surface area contributed by atoms with Gasteiger partial charge in [0.2, 0.25) is 0 Å². The van der Waals surface area contributed by atoms with Gasteiger partial charge in [-0.2, -0.15) is 0 Å². The van der Waals surface area contributed by atoms with Crippen molar-refractivity contribution in [3.05, 3.63) is 29.3 Å². The third-order valence-electron chi connectivity index (χ3n) is 4.67. The molecule has 0 bridgehead atoms. The predicted molar refractivity (Wildman–Crippen MR) is 77.9 cm³/mol. The number of nitrogens with one attached hydrogen (secondary N) is 2. The highest BCUT2D eigenvalue weighted by Crippen LogP contribution is 2.38. The summed E-state index contributed by atoms with van der Waals surface area (Å²) in [5, 5.41) is 16.5. The van der Waals surface area contributed by atoms with Crippen molar-refractivity contribution in [2.45, 2.75) is 50.6 Å². The monoisotopic (exact) mass is 274 g/mol. The molecule has 1 aromatic rings. The van der Waals surface area contributed by atoms with E-state index in [1.807, 2.05) is 6.92 Å². The number of piperidine rings is 1. The van der Waals surface area contributed by atoms with Crippen LogP contribution in [0.15, 0.2) is 18.2 Å². The molecule has 1 aromatic carbocycles. The van der Waals surface area contributed by atoms with Crippen molar-refractivity contribution in [3.8, 4) is 5.75 Å². The Labute approximate surface area is 119 Å². The Balaban J connectivity index is 1.67. The molecule has 20 heavy (non-hydrogen) atoms. The van der Waals surface area contributed by atoms with Gasteiger partial charge in [0.05, 0.1) is 5.56 Å². The number of carbonyl (C=O) groups is 1. The summed E-state index contributed by atoms with van der Waals surface area (Å²) in [4.78, 5) is 12.3. The fourth-order valence-electron chi connectivity index (χ4n) is 3.36. The number of carbonyl (C=O) groups excluding carboxylic acids is 1. The van der Waals surface area contributed by atoms with Crippen molar-refractivity contribution >= 4 is 5.91 Å². The predicted octanol–water partition coefficient (Wildman–Crippen LogP) is 2.11. The third kappa shape index (κ3) is 2.52. The zero-order valence-electron chi connectivity index (χ0n) is 11.9. The second-order valence-corrected chi connectivity index (χ2v) is 6.24. The Hall–Kier alpha value is -1.55. The Bertz CT molecular complexity index is 523. The normalized spacial score (nSPS) is 24.1. The van der Waals surface area contributed by atoms with Crippen molar-refractivity contribution in [1.29, 1.82) is 0 Å². The molecule has 1 heterocycles. The molecule has 0 radical (unpaired) electrons. The smallest absolute Gasteiger partial charge is 0.255 e. The zero-order valence-corrected chi connectivity index (χ0v) is 11.9. The van der Waals surface area contributed by atoms with Crippen LogP contribution in [0.2, 0.25) is 0 Å². The van der Waals surface area contributed by atoms with Crippen molar-refractivity contribution in [2.75, 3.05) is 6.54 Å². The van der Waals surface area contributed by atoms with Crippen molar-refractivity contribution in [3.63, 3.8) is 0 Å². The maximum atomic E-state index is 12.3. The van der Waals surface area contributed by atoms with Crippen LogP contribution in [0.4, 0.5) is 0 Å². The molecule has 4 nitrogen and oxygen atoms in total. The molecular formula is C16H22N2O2. The highest BCUT2D eigenvalue weighted by molar-refractivity contribution is 5.97. The minimum atomic E-state index is -0.160. The second-order valence-electron chi connectivity index (χ2n) is 6.24. The van der Waals surface area contributed by atoms with Crippen LogP contribution in [-0.2, 0) is 0 Å². The number of amides is 1. The van der Waals surface area contributed by atoms with Crippen LogP contribution in [0, 0.1) is 6.92 Å². The molecule has 1 amide bonds. The first-order valence-electron chi connectivity index (χ1n) is 7.44. The van der Waals surface area contributed by atoms with Crippen LogP contribution in [0.1, 0.15) is 48.0 Å². The number of rotatable bonds is 2. The number of hydrogen-bond donors (Lipinski definition) is 3. The molecule has 2 fully saturated rings. The first kappa shape index (κ1) is 13.4. The summed E-state index contributed by atoms with van der Waals surface area (Å²) >= 11 is 0. The van der Waals surface area contributed by atoms with Crippen molar-refractivity contribution in [1.82, 2.24) is 10.6 Å². The van der Waals surface area contributed by atoms with Gasteiger partial charge in [-0.25, -0.2) is 0 Å². The summed E-state index contributed by atoms with van der Waals surface area (Å²) in [7, 11) is 0. The maximum absolute atomic E-state index is 12.3. The lowest BCUT2D eigenvalue weighted by atomic mass is 9.70. The van der Waals surface area contributed by atoms with Crippen LogP contribution < -0.4 is 10.6 Å². The summed E-state index contributed by atoms with van der Waals surface area (Å²) in [6.45, 7) is 2.88. The fourth-order valence-corrected chi connectivity index (χ4v) is 3.36. The molecular weight excluding hydrogens is 252 g/mol. The Morgan fingerprint density at radius 3 is 2.95 bits per heavy atom. The van der Waals surface area contributed by atoms with Crippen LogP contribution in [-0.4, -0.2) is 29.1 Å². The lowest BCUT2D eigenvalue weighted by Gasteiger charge is -2.48. The van der Waals surface area contributed by atoms with Gasteiger partial charge in [0.15, 0.2) is 0 Å². The van der Waals surface area contributed by atoms with E-state index >= 15 is 0 Å². The van der Waals surface area contributed by atoms with Gasteiger partial charge in [-0.3, -0.25) is 4.79 Å². The lowest BCUT2D eigenvalue weighted by molar-refractivity contribution is 0.0850. The Morgan fingerprint density at radius 2 is 2.25 bits per heavy atom. The molecule has 0 aromatic heterocycles. The molecule has 3 N–H and O–H groups in total. The topological polar surface area (TPSA) is 61.4 Å². The molecule has 2 aliphatic rings. The van der Waals surface area contributed by atoms with Gasteiger partial charge in [0, 0.05) is 11.6 Å². The summed E-state index contributed by atoms with van der Waals surface area (Å²) < 4.78 is 0. The fraction of sp³-hybridized carbons (Fsp3) is 0.562. The van der Waals surface area contributed by atoms with Crippen LogP contribution in [0.3, 0.4) is 0 Å². The Morgan fingerprint density at radius 1 is 1.45 bits per heavy atom. The molecule has 1 aliphatic heterocycles. The first-order valence-corrected chi connectivity index (χ1v) is 7.44. The van der Waals surface area contributed by atoms with E-state index in [0.717, 1.165) is 24.9 Å². The van der Waals surface area contributed by atoms with Gasteiger partial charge in [0.25, 0.3) is 5.91 Å². The second kappa shape index (κ2) is 5.09. The van der Waals surface area contributed by atoms with Gasteiger partial charge in [0.1, 0.15) is 5.75 Å². The summed E-state index contributed by atoms with van der Waals surface area (Å²) in [5.41, 5.74) is 1.63. The maximum Gasteiger partial charge on any atom is 0.255 e. The molecule has 3 rings (SSSR count). The number of benzene rings is 1. The molecule has 1 saturated carbocycles. The van der Waals surface area contributed by atoms with Gasteiger partial charge in [-0.15, -0.1) is 0 Å². The first-order chi connectivity index (χ1) is 9.58. The van der Waals surface area contributed by atoms with Gasteiger partial charge in [-0.05, 0) is 57.7 Å². The van der Waals surface area contributed by atoms with E-state index in [1.165, 1.54) is 19.3 Å². The Kier molecular flexibility index (Phi) is 3.42. The van der Waals surface area contributed by atoms with E-state index in [1.54, 1.807) is 18.2 Å². The summed E-state index contributed by atoms with van der Waals surface area (Å²) in [6.07, 6.45) is 5.68. The van der Waals surface area contributed by atoms with Crippen LogP contribution in [0.5, 0.6) is 5.75 Å². The van der Waals surface area contributed by atoms with Crippen LogP contribution >= 0.6 is 0 Å². The van der Waals surface area contributed by atoms with Gasteiger partial charge >= 0.3 is 0 Å². The number of hydrogen-bond acceptors (Lipinski definition) is 3. The van der Waals surface area contributed by atoms with E-state index in [9.17, 15) is 9.90 Å². The molecule has 4 heteroatoms. The average Bonchev–Trinajstić information content (AvgIpc) is 2.40. The average molecular weight is 274 g/mol. The number of phenols is 1. The highest BCUT2D eigenvalue weighted by Gasteiger charge is 2.41. The molecule has 1 atom stereocenters. The number of aryl methyl sites for hydroxylation is 1. The van der Waals surface area contributed by atoms with E-state index in [2.05, 4.69) is 10.6 Å². The minimum absolute atomic E-state index is 0.0559. The van der Waals surface area contributed by atoms with Gasteiger partial charge in [-0.1, -0.05) is 11.6 Å². The molecule has 1 saturated heterocycles. The van der Waals surface area contributed by atoms with E-state index in [0.29, 0.717) is 5.56 Å². The minimum Gasteiger partial charge on any atom is -0.507 e. The molecule has 1 aliphatic carbocycles. The third-order valence-corrected chi connectivity index (χ3v) is 4.67. The SMILES string of the molecule is Cc1ccc(O)c(C(=O)NC2CCNC3(CCC3)C2)c1. The van der Waals surface area contributed by atoms with Gasteiger partial charge < -0.3 is 15.7 Å². The van der Waals surface area contributed by atoms with Crippen LogP contribution in [0.25, 0.3) is 0 Å². The largest absolute Gasteiger partial charge is 0.507 e. The zero-order chi connectivity index (χ0) is 14.2. The van der Waals surface area contributed by atoms with Crippen molar-refractivity contribution in [2.24, 2.45) is 0 Å². The molecule has 1 spiro atoms. The molecule has 108 valence electrons. The van der Waals surface area contributed by atoms with E-state index < -0.39 is 0 Å². The quantitative estimate of drug-likeness (QED) is 0.774. The number of aromatic hydroxyl groups is 1. The number of phenolic OH excluding ortho intramolecular Hbond substituents is 1. The highest BCUT2D eigenvalue weighted by atomic mass is 16.3.